The summed E-state index contributed by atoms with van der Waals surface area (Å²) in [5, 5.41) is 0. The molecule has 0 saturated heterocycles. The van der Waals surface area contributed by atoms with Crippen LogP contribution in [0.1, 0.15) is 71.1 Å². The molecule has 0 aromatic rings. The van der Waals surface area contributed by atoms with E-state index in [4.69, 9.17) is 14.2 Å². The predicted octanol–water partition coefficient (Wildman–Crippen LogP) is 4.83. The first-order chi connectivity index (χ1) is 11.2. The molecular formula is C19H36O3Si. The van der Waals surface area contributed by atoms with Gasteiger partial charge in [0.25, 0.3) is 5.60 Å². The Morgan fingerprint density at radius 1 is 0.783 bits per heavy atom. The fraction of sp³-hybridized carbons (Fsp3) is 1.00. The highest BCUT2D eigenvalue weighted by Crippen LogP contribution is 2.44. The second kappa shape index (κ2) is 9.55. The van der Waals surface area contributed by atoms with E-state index in [1.807, 2.05) is 0 Å². The Balaban J connectivity index is 1.74. The van der Waals surface area contributed by atoms with Crippen LogP contribution in [0.15, 0.2) is 0 Å². The molecule has 2 aliphatic rings. The Kier molecular flexibility index (Phi) is 8.06. The van der Waals surface area contributed by atoms with Gasteiger partial charge in [-0.15, -0.1) is 0 Å². The van der Waals surface area contributed by atoms with E-state index in [0.29, 0.717) is 15.1 Å². The van der Waals surface area contributed by atoms with Crippen molar-refractivity contribution in [2.45, 2.75) is 82.3 Å². The van der Waals surface area contributed by atoms with Crippen molar-refractivity contribution in [3.8, 4) is 0 Å². The molecule has 0 unspecified atom stereocenters. The van der Waals surface area contributed by atoms with Gasteiger partial charge in [0, 0.05) is 21.3 Å². The summed E-state index contributed by atoms with van der Waals surface area (Å²) in [6.07, 6.45) is 14.2. The SMILES string of the molecule is CCCC1CCC(C2CCC([Si]C(OC)(OC)OC)CC2)CC1. The molecule has 2 radical (unpaired) electrons. The Morgan fingerprint density at radius 2 is 1.26 bits per heavy atom. The third-order valence-corrected chi connectivity index (χ3v) is 8.17. The van der Waals surface area contributed by atoms with Gasteiger partial charge in [0.1, 0.15) is 0 Å². The zero-order chi connectivity index (χ0) is 16.7. The van der Waals surface area contributed by atoms with Crippen molar-refractivity contribution < 1.29 is 14.2 Å². The predicted molar refractivity (Wildman–Crippen MR) is 95.6 cm³/mol. The molecule has 2 aliphatic carbocycles. The molecule has 4 heteroatoms. The molecule has 0 bridgehead atoms. The van der Waals surface area contributed by atoms with Gasteiger partial charge < -0.3 is 14.2 Å². The molecule has 0 amide bonds. The Labute approximate surface area is 145 Å². The zero-order valence-electron chi connectivity index (χ0n) is 15.6. The van der Waals surface area contributed by atoms with Crippen LogP contribution in [0.3, 0.4) is 0 Å². The standard InChI is InChI=1S/C19H36O3Si/c1-5-6-15-7-9-16(10-8-15)17-11-13-18(14-12-17)23-19(20-2,21-3)22-4/h15-18H,5-14H2,1-4H3. The fourth-order valence-corrected chi connectivity index (χ4v) is 6.24. The van der Waals surface area contributed by atoms with E-state index in [2.05, 4.69) is 6.92 Å². The van der Waals surface area contributed by atoms with Crippen LogP contribution in [-0.4, -0.2) is 36.4 Å². The molecule has 3 nitrogen and oxygen atoms in total. The molecule has 2 saturated carbocycles. The van der Waals surface area contributed by atoms with Crippen molar-refractivity contribution in [3.05, 3.63) is 0 Å². The van der Waals surface area contributed by atoms with Crippen molar-refractivity contribution in [3.63, 3.8) is 0 Å². The lowest BCUT2D eigenvalue weighted by Gasteiger charge is -2.39. The molecule has 0 spiro atoms. The maximum Gasteiger partial charge on any atom is 0.251 e. The molecule has 23 heavy (non-hydrogen) atoms. The first kappa shape index (κ1) is 19.4. The summed E-state index contributed by atoms with van der Waals surface area (Å²) in [6, 6.07) is 0. The van der Waals surface area contributed by atoms with Crippen LogP contribution in [-0.2, 0) is 14.2 Å². The van der Waals surface area contributed by atoms with Crippen LogP contribution < -0.4 is 0 Å². The smallest absolute Gasteiger partial charge is 0.251 e. The fourth-order valence-electron chi connectivity index (χ4n) is 4.77. The van der Waals surface area contributed by atoms with E-state index in [0.717, 1.165) is 17.8 Å². The minimum absolute atomic E-state index is 0.571. The van der Waals surface area contributed by atoms with Crippen LogP contribution in [0.2, 0.25) is 5.54 Å². The minimum atomic E-state index is -0.810. The average Bonchev–Trinajstić information content (AvgIpc) is 2.61. The summed E-state index contributed by atoms with van der Waals surface area (Å²) in [7, 11) is 5.61. The van der Waals surface area contributed by atoms with Gasteiger partial charge in [-0.05, 0) is 36.1 Å². The summed E-state index contributed by atoms with van der Waals surface area (Å²) in [6.45, 7) is 2.33. The summed E-state index contributed by atoms with van der Waals surface area (Å²) in [4.78, 5) is 0. The third kappa shape index (κ3) is 5.28. The number of methoxy groups -OCH3 is 3. The molecular weight excluding hydrogens is 304 g/mol. The van der Waals surface area contributed by atoms with Crippen molar-refractivity contribution in [1.82, 2.24) is 0 Å². The van der Waals surface area contributed by atoms with Crippen LogP contribution in [0, 0.1) is 17.8 Å². The van der Waals surface area contributed by atoms with Gasteiger partial charge in [-0.3, -0.25) is 0 Å². The molecule has 0 aromatic carbocycles. The van der Waals surface area contributed by atoms with Gasteiger partial charge in [-0.1, -0.05) is 58.3 Å². The Morgan fingerprint density at radius 3 is 1.70 bits per heavy atom. The highest BCUT2D eigenvalue weighted by atomic mass is 28.2. The lowest BCUT2D eigenvalue weighted by atomic mass is 9.70. The van der Waals surface area contributed by atoms with Crippen LogP contribution in [0.25, 0.3) is 0 Å². The van der Waals surface area contributed by atoms with Crippen LogP contribution in [0.5, 0.6) is 0 Å². The van der Waals surface area contributed by atoms with Gasteiger partial charge >= 0.3 is 0 Å². The van der Waals surface area contributed by atoms with E-state index in [9.17, 15) is 0 Å². The number of hydrogen-bond donors (Lipinski definition) is 0. The van der Waals surface area contributed by atoms with Crippen molar-refractivity contribution in [2.75, 3.05) is 21.3 Å². The lowest BCUT2D eigenvalue weighted by molar-refractivity contribution is -0.295. The minimum Gasteiger partial charge on any atom is -0.335 e. The van der Waals surface area contributed by atoms with Gasteiger partial charge in [0.15, 0.2) is 9.52 Å². The lowest BCUT2D eigenvalue weighted by Crippen LogP contribution is -2.45. The van der Waals surface area contributed by atoms with E-state index in [1.165, 1.54) is 64.2 Å². The van der Waals surface area contributed by atoms with Gasteiger partial charge in [0.2, 0.25) is 0 Å². The first-order valence-corrected chi connectivity index (χ1v) is 10.7. The molecule has 134 valence electrons. The summed E-state index contributed by atoms with van der Waals surface area (Å²) in [5.74, 6) is 3.00. The highest BCUT2D eigenvalue weighted by Gasteiger charge is 2.37. The number of ether oxygens (including phenoxy) is 3. The zero-order valence-corrected chi connectivity index (χ0v) is 16.6. The molecule has 0 aliphatic heterocycles. The van der Waals surface area contributed by atoms with Crippen molar-refractivity contribution >= 4 is 9.52 Å². The molecule has 0 aromatic heterocycles. The normalized spacial score (nSPS) is 32.9. The maximum absolute atomic E-state index is 5.48. The monoisotopic (exact) mass is 340 g/mol. The highest BCUT2D eigenvalue weighted by molar-refractivity contribution is 6.40. The van der Waals surface area contributed by atoms with Gasteiger partial charge in [-0.2, -0.15) is 0 Å². The second-order valence-electron chi connectivity index (χ2n) is 7.49. The van der Waals surface area contributed by atoms with E-state index in [-0.39, 0.29) is 0 Å². The molecule has 0 heterocycles. The van der Waals surface area contributed by atoms with Crippen molar-refractivity contribution in [2.24, 2.45) is 17.8 Å². The van der Waals surface area contributed by atoms with Crippen LogP contribution >= 0.6 is 0 Å². The van der Waals surface area contributed by atoms with Crippen LogP contribution in [0.4, 0.5) is 0 Å². The molecule has 2 fully saturated rings. The van der Waals surface area contributed by atoms with E-state index in [1.54, 1.807) is 21.3 Å². The molecule has 0 atom stereocenters. The summed E-state index contributed by atoms with van der Waals surface area (Å²) in [5.41, 5.74) is -0.113. The number of hydrogen-bond acceptors (Lipinski definition) is 3. The topological polar surface area (TPSA) is 27.7 Å². The number of rotatable bonds is 8. The Hall–Kier alpha value is 0.0969. The molecule has 2 rings (SSSR count). The van der Waals surface area contributed by atoms with Crippen molar-refractivity contribution in [1.29, 1.82) is 0 Å². The second-order valence-corrected chi connectivity index (χ2v) is 9.21. The average molecular weight is 341 g/mol. The largest absolute Gasteiger partial charge is 0.335 e. The molecule has 0 N–H and O–H groups in total. The van der Waals surface area contributed by atoms with Gasteiger partial charge in [-0.25, -0.2) is 0 Å². The first-order valence-electron chi connectivity index (χ1n) is 9.59. The third-order valence-electron chi connectivity index (χ3n) is 6.21. The summed E-state index contributed by atoms with van der Waals surface area (Å²) >= 11 is 0. The summed E-state index contributed by atoms with van der Waals surface area (Å²) < 4.78 is 16.5. The van der Waals surface area contributed by atoms with E-state index < -0.39 is 5.60 Å². The Bertz CT molecular complexity index is 308. The quantitative estimate of drug-likeness (QED) is 0.468. The van der Waals surface area contributed by atoms with E-state index >= 15 is 0 Å². The van der Waals surface area contributed by atoms with Gasteiger partial charge in [0.05, 0.1) is 0 Å². The maximum atomic E-state index is 5.48.